The SMILES string of the molecule is O=S(=O)(C=Cc1ccccc1)CBr. The largest absolute Gasteiger partial charge is 0.223 e. The van der Waals surface area contributed by atoms with Crippen molar-refractivity contribution in [1.82, 2.24) is 0 Å². The van der Waals surface area contributed by atoms with Crippen molar-refractivity contribution in [3.05, 3.63) is 41.3 Å². The summed E-state index contributed by atoms with van der Waals surface area (Å²) in [6, 6.07) is 9.30. The Hall–Kier alpha value is -0.610. The van der Waals surface area contributed by atoms with Crippen LogP contribution in [-0.2, 0) is 9.84 Å². The highest BCUT2D eigenvalue weighted by Crippen LogP contribution is 2.05. The average molecular weight is 261 g/mol. The minimum Gasteiger partial charge on any atom is -0.223 e. The van der Waals surface area contributed by atoms with Crippen LogP contribution in [0.1, 0.15) is 5.56 Å². The van der Waals surface area contributed by atoms with Crippen LogP contribution in [0, 0.1) is 0 Å². The Bertz CT molecular complexity index is 381. The van der Waals surface area contributed by atoms with Crippen LogP contribution in [0.5, 0.6) is 0 Å². The molecule has 0 amide bonds. The third-order valence-electron chi connectivity index (χ3n) is 1.42. The number of alkyl halides is 1. The third kappa shape index (κ3) is 3.74. The highest BCUT2D eigenvalue weighted by atomic mass is 79.9. The fourth-order valence-corrected chi connectivity index (χ4v) is 1.68. The van der Waals surface area contributed by atoms with Crippen molar-refractivity contribution in [3.8, 4) is 0 Å². The molecule has 0 heterocycles. The Kier molecular flexibility index (Phi) is 3.69. The molecule has 0 fully saturated rings. The van der Waals surface area contributed by atoms with Gasteiger partial charge in [0.05, 0.1) is 0 Å². The molecule has 1 aromatic rings. The average Bonchev–Trinajstić information content (AvgIpc) is 2.17. The summed E-state index contributed by atoms with van der Waals surface area (Å²) < 4.78 is 22.0. The zero-order valence-electron chi connectivity index (χ0n) is 6.85. The van der Waals surface area contributed by atoms with Gasteiger partial charge < -0.3 is 0 Å². The summed E-state index contributed by atoms with van der Waals surface area (Å²) in [7, 11) is -3.08. The molecule has 1 aromatic carbocycles. The second kappa shape index (κ2) is 4.58. The van der Waals surface area contributed by atoms with Gasteiger partial charge in [-0.1, -0.05) is 46.3 Å². The minimum absolute atomic E-state index is 0.0384. The molecule has 0 aromatic heterocycles. The van der Waals surface area contributed by atoms with E-state index in [0.29, 0.717) is 0 Å². The molecule has 0 radical (unpaired) electrons. The van der Waals surface area contributed by atoms with E-state index >= 15 is 0 Å². The van der Waals surface area contributed by atoms with Crippen molar-refractivity contribution < 1.29 is 8.42 Å². The van der Waals surface area contributed by atoms with Crippen molar-refractivity contribution in [2.24, 2.45) is 0 Å². The van der Waals surface area contributed by atoms with E-state index in [0.717, 1.165) is 5.56 Å². The molecule has 4 heteroatoms. The fraction of sp³-hybridized carbons (Fsp3) is 0.111. The number of rotatable bonds is 3. The molecular formula is C9H9BrO2S. The Balaban J connectivity index is 2.82. The van der Waals surface area contributed by atoms with Gasteiger partial charge in [0.25, 0.3) is 0 Å². The normalized spacial score (nSPS) is 12.1. The van der Waals surface area contributed by atoms with E-state index in [9.17, 15) is 8.42 Å². The molecule has 0 aliphatic rings. The van der Waals surface area contributed by atoms with Gasteiger partial charge >= 0.3 is 0 Å². The number of hydrogen-bond acceptors (Lipinski definition) is 2. The van der Waals surface area contributed by atoms with Crippen molar-refractivity contribution in [2.75, 3.05) is 4.66 Å². The maximum Gasteiger partial charge on any atom is 0.181 e. The summed E-state index contributed by atoms with van der Waals surface area (Å²) in [6.45, 7) is 0. The van der Waals surface area contributed by atoms with E-state index in [-0.39, 0.29) is 4.66 Å². The molecule has 0 bridgehead atoms. The van der Waals surface area contributed by atoms with Gasteiger partial charge in [-0.25, -0.2) is 8.42 Å². The predicted octanol–water partition coefficient (Wildman–Crippen LogP) is 2.42. The van der Waals surface area contributed by atoms with E-state index < -0.39 is 9.84 Å². The van der Waals surface area contributed by atoms with Crippen LogP contribution >= 0.6 is 15.9 Å². The van der Waals surface area contributed by atoms with Gasteiger partial charge in [-0.2, -0.15) is 0 Å². The van der Waals surface area contributed by atoms with Crippen LogP contribution in [0.3, 0.4) is 0 Å². The Morgan fingerprint density at radius 2 is 1.85 bits per heavy atom. The van der Waals surface area contributed by atoms with Gasteiger partial charge in [-0.3, -0.25) is 0 Å². The molecule has 70 valence electrons. The summed E-state index contributed by atoms with van der Waals surface area (Å²) >= 11 is 2.91. The van der Waals surface area contributed by atoms with Crippen LogP contribution in [0.25, 0.3) is 6.08 Å². The molecule has 1 rings (SSSR count). The van der Waals surface area contributed by atoms with Gasteiger partial charge in [0.1, 0.15) is 4.66 Å². The topological polar surface area (TPSA) is 34.1 Å². The van der Waals surface area contributed by atoms with Crippen molar-refractivity contribution >= 4 is 31.8 Å². The van der Waals surface area contributed by atoms with Crippen molar-refractivity contribution in [1.29, 1.82) is 0 Å². The fourth-order valence-electron chi connectivity index (χ4n) is 0.783. The van der Waals surface area contributed by atoms with Gasteiger partial charge in [-0.05, 0) is 11.6 Å². The Morgan fingerprint density at radius 3 is 2.38 bits per heavy atom. The smallest absolute Gasteiger partial charge is 0.181 e. The number of benzene rings is 1. The van der Waals surface area contributed by atoms with Gasteiger partial charge in [0, 0.05) is 5.41 Å². The molecule has 0 unspecified atom stereocenters. The van der Waals surface area contributed by atoms with E-state index in [1.165, 1.54) is 5.41 Å². The third-order valence-corrected chi connectivity index (χ3v) is 4.19. The molecule has 0 saturated carbocycles. The zero-order valence-corrected chi connectivity index (χ0v) is 9.25. The van der Waals surface area contributed by atoms with E-state index in [2.05, 4.69) is 15.9 Å². The predicted molar refractivity (Wildman–Crippen MR) is 58.2 cm³/mol. The lowest BCUT2D eigenvalue weighted by atomic mass is 10.2. The molecule has 2 nitrogen and oxygen atoms in total. The second-order valence-electron chi connectivity index (χ2n) is 2.49. The van der Waals surface area contributed by atoms with Crippen LogP contribution in [-0.4, -0.2) is 13.1 Å². The standard InChI is InChI=1S/C9H9BrO2S/c10-8-13(11,12)7-6-9-4-2-1-3-5-9/h1-7H,8H2. The summed E-state index contributed by atoms with van der Waals surface area (Å²) in [5.74, 6) is 0. The van der Waals surface area contributed by atoms with Crippen LogP contribution < -0.4 is 0 Å². The first kappa shape index (κ1) is 10.5. The first-order valence-electron chi connectivity index (χ1n) is 3.66. The quantitative estimate of drug-likeness (QED) is 0.783. The maximum absolute atomic E-state index is 11.0. The lowest BCUT2D eigenvalue weighted by molar-refractivity contribution is 0.609. The van der Waals surface area contributed by atoms with E-state index in [1.54, 1.807) is 6.08 Å². The summed E-state index contributed by atoms with van der Waals surface area (Å²) in [4.78, 5) is 0. The molecule has 0 aliphatic carbocycles. The molecule has 0 spiro atoms. The first-order chi connectivity index (χ1) is 6.14. The number of halogens is 1. The Labute approximate surface area is 86.3 Å². The lowest BCUT2D eigenvalue weighted by Crippen LogP contribution is -1.93. The highest BCUT2D eigenvalue weighted by Gasteiger charge is 2.00. The monoisotopic (exact) mass is 260 g/mol. The van der Waals surface area contributed by atoms with Crippen molar-refractivity contribution in [3.63, 3.8) is 0 Å². The Morgan fingerprint density at radius 1 is 1.23 bits per heavy atom. The van der Waals surface area contributed by atoms with E-state index in [4.69, 9.17) is 0 Å². The van der Waals surface area contributed by atoms with Gasteiger partial charge in [-0.15, -0.1) is 0 Å². The molecule has 0 aliphatic heterocycles. The van der Waals surface area contributed by atoms with E-state index in [1.807, 2.05) is 30.3 Å². The van der Waals surface area contributed by atoms with Crippen molar-refractivity contribution in [2.45, 2.75) is 0 Å². The summed E-state index contributed by atoms with van der Waals surface area (Å²) in [6.07, 6.45) is 1.58. The zero-order chi connectivity index (χ0) is 9.73. The van der Waals surface area contributed by atoms with Crippen LogP contribution in [0.2, 0.25) is 0 Å². The highest BCUT2D eigenvalue weighted by molar-refractivity contribution is 9.10. The lowest BCUT2D eigenvalue weighted by Gasteiger charge is -1.91. The van der Waals surface area contributed by atoms with Crippen LogP contribution in [0.4, 0.5) is 0 Å². The molecular weight excluding hydrogens is 252 g/mol. The second-order valence-corrected chi connectivity index (χ2v) is 5.68. The van der Waals surface area contributed by atoms with Gasteiger partial charge in [0.15, 0.2) is 9.84 Å². The van der Waals surface area contributed by atoms with Gasteiger partial charge in [0.2, 0.25) is 0 Å². The first-order valence-corrected chi connectivity index (χ1v) is 6.49. The maximum atomic E-state index is 11.0. The number of sulfone groups is 1. The molecule has 0 saturated heterocycles. The molecule has 0 atom stereocenters. The number of hydrogen-bond donors (Lipinski definition) is 0. The molecule has 0 N–H and O–H groups in total. The minimum atomic E-state index is -3.08. The van der Waals surface area contributed by atoms with Crippen LogP contribution in [0.15, 0.2) is 35.7 Å². The molecule has 13 heavy (non-hydrogen) atoms. The summed E-state index contributed by atoms with van der Waals surface area (Å²) in [5, 5.41) is 1.21. The summed E-state index contributed by atoms with van der Waals surface area (Å²) in [5.41, 5.74) is 0.882.